The van der Waals surface area contributed by atoms with Gasteiger partial charge in [0.25, 0.3) is 0 Å². The Balaban J connectivity index is 1.65. The molecule has 0 aromatic heterocycles. The van der Waals surface area contributed by atoms with Crippen molar-refractivity contribution in [2.75, 3.05) is 37.7 Å². The molecule has 0 spiro atoms. The summed E-state index contributed by atoms with van der Waals surface area (Å²) in [5.74, 6) is -0.177. The number of likely N-dealkylation sites (tertiary alicyclic amines) is 1. The Labute approximate surface area is 130 Å². The topological polar surface area (TPSA) is 86.8 Å². The fraction of sp³-hybridized carbons (Fsp3) is 0.857. The maximum Gasteiger partial charge on any atom is 0.228 e. The van der Waals surface area contributed by atoms with Crippen LogP contribution in [0.2, 0.25) is 0 Å². The highest BCUT2D eigenvalue weighted by Gasteiger charge is 2.43. The zero-order valence-electron chi connectivity index (χ0n) is 12.8. The normalized spacial score (nSPS) is 35.1. The van der Waals surface area contributed by atoms with Crippen LogP contribution < -0.4 is 5.32 Å². The Morgan fingerprint density at radius 2 is 2.14 bits per heavy atom. The van der Waals surface area contributed by atoms with E-state index in [2.05, 4.69) is 5.32 Å². The molecule has 3 rings (SSSR count). The third-order valence-corrected chi connectivity index (χ3v) is 6.69. The smallest absolute Gasteiger partial charge is 0.228 e. The van der Waals surface area contributed by atoms with Gasteiger partial charge in [0.15, 0.2) is 9.84 Å². The predicted molar refractivity (Wildman–Crippen MR) is 80.9 cm³/mol. The van der Waals surface area contributed by atoms with E-state index in [1.54, 1.807) is 4.90 Å². The maximum absolute atomic E-state index is 12.6. The molecule has 3 atom stereocenters. The lowest BCUT2D eigenvalue weighted by Gasteiger charge is -2.35. The number of piperazine rings is 1. The molecule has 3 saturated heterocycles. The molecule has 1 N–H and O–H groups in total. The molecular formula is C14H23N3O4S. The molecule has 0 bridgehead atoms. The van der Waals surface area contributed by atoms with E-state index in [-0.39, 0.29) is 47.7 Å². The molecule has 2 amide bonds. The summed E-state index contributed by atoms with van der Waals surface area (Å²) < 4.78 is 23.2. The first-order valence-electron chi connectivity index (χ1n) is 7.88. The summed E-state index contributed by atoms with van der Waals surface area (Å²) in [5.41, 5.74) is 0. The number of rotatable bonds is 2. The number of nitrogens with one attached hydrogen (secondary N) is 1. The van der Waals surface area contributed by atoms with E-state index in [1.807, 2.05) is 11.8 Å². The van der Waals surface area contributed by atoms with E-state index >= 15 is 0 Å². The molecule has 0 aromatic carbocycles. The van der Waals surface area contributed by atoms with Crippen molar-refractivity contribution in [3.05, 3.63) is 0 Å². The van der Waals surface area contributed by atoms with E-state index in [4.69, 9.17) is 0 Å². The third kappa shape index (κ3) is 2.99. The van der Waals surface area contributed by atoms with Crippen molar-refractivity contribution >= 4 is 21.7 Å². The van der Waals surface area contributed by atoms with Crippen molar-refractivity contribution < 1.29 is 18.0 Å². The summed E-state index contributed by atoms with van der Waals surface area (Å²) in [6.45, 7) is 4.59. The Bertz CT molecular complexity index is 577. The summed E-state index contributed by atoms with van der Waals surface area (Å²) in [7, 11) is -3.02. The van der Waals surface area contributed by atoms with E-state index < -0.39 is 9.84 Å². The number of amides is 2. The summed E-state index contributed by atoms with van der Waals surface area (Å²) in [5, 5.41) is 3.24. The number of carbonyl (C=O) groups is 2. The minimum Gasteiger partial charge on any atom is -0.338 e. The van der Waals surface area contributed by atoms with Gasteiger partial charge in [0.1, 0.15) is 0 Å². The van der Waals surface area contributed by atoms with Crippen LogP contribution in [-0.2, 0) is 19.4 Å². The minimum atomic E-state index is -3.02. The lowest BCUT2D eigenvalue weighted by Crippen LogP contribution is -2.54. The van der Waals surface area contributed by atoms with Crippen molar-refractivity contribution in [3.63, 3.8) is 0 Å². The van der Waals surface area contributed by atoms with Crippen LogP contribution in [0.3, 0.4) is 0 Å². The monoisotopic (exact) mass is 329 g/mol. The third-order valence-electron chi connectivity index (χ3n) is 4.94. The van der Waals surface area contributed by atoms with Gasteiger partial charge in [-0.05, 0) is 13.3 Å². The van der Waals surface area contributed by atoms with Crippen molar-refractivity contribution in [1.82, 2.24) is 15.1 Å². The molecule has 0 radical (unpaired) electrons. The van der Waals surface area contributed by atoms with Crippen molar-refractivity contribution in [3.8, 4) is 0 Å². The van der Waals surface area contributed by atoms with Crippen LogP contribution in [-0.4, -0.2) is 79.8 Å². The zero-order valence-corrected chi connectivity index (χ0v) is 13.6. The molecule has 0 saturated carbocycles. The molecular weight excluding hydrogens is 306 g/mol. The summed E-state index contributed by atoms with van der Waals surface area (Å²) >= 11 is 0. The number of hydrogen-bond acceptors (Lipinski definition) is 5. The fourth-order valence-electron chi connectivity index (χ4n) is 3.67. The minimum absolute atomic E-state index is 0.0331. The first-order valence-corrected chi connectivity index (χ1v) is 9.70. The second kappa shape index (κ2) is 5.81. The standard InChI is InChI=1S/C14H23N3O4S/c1-10-7-15-3-4-16(10)14(19)11-6-13(18)17(8-11)12-2-5-22(20,21)9-12/h10-12,15H,2-9H2,1H3/t10-,11?,12?/m0/s1. The average molecular weight is 329 g/mol. The van der Waals surface area contributed by atoms with Crippen LogP contribution in [0.25, 0.3) is 0 Å². The highest BCUT2D eigenvalue weighted by molar-refractivity contribution is 7.91. The van der Waals surface area contributed by atoms with Gasteiger partial charge < -0.3 is 15.1 Å². The van der Waals surface area contributed by atoms with Crippen LogP contribution in [0.1, 0.15) is 19.8 Å². The van der Waals surface area contributed by atoms with Gasteiger partial charge in [-0.25, -0.2) is 8.42 Å². The average Bonchev–Trinajstić information content (AvgIpc) is 3.01. The highest BCUT2D eigenvalue weighted by atomic mass is 32.2. The summed E-state index contributed by atoms with van der Waals surface area (Å²) in [6.07, 6.45) is 0.713. The van der Waals surface area contributed by atoms with E-state index in [0.717, 1.165) is 13.1 Å². The number of sulfone groups is 1. The zero-order chi connectivity index (χ0) is 15.9. The van der Waals surface area contributed by atoms with E-state index in [1.165, 1.54) is 0 Å². The second-order valence-electron chi connectivity index (χ2n) is 6.59. The van der Waals surface area contributed by atoms with E-state index in [0.29, 0.717) is 19.5 Å². The van der Waals surface area contributed by atoms with Gasteiger partial charge in [0.2, 0.25) is 11.8 Å². The fourth-order valence-corrected chi connectivity index (χ4v) is 5.40. The van der Waals surface area contributed by atoms with Crippen LogP contribution >= 0.6 is 0 Å². The predicted octanol–water partition coefficient (Wildman–Crippen LogP) is -1.16. The Morgan fingerprint density at radius 1 is 1.36 bits per heavy atom. The number of nitrogens with zero attached hydrogens (tertiary/aromatic N) is 2. The molecule has 0 aromatic rings. The van der Waals surface area contributed by atoms with Gasteiger partial charge in [-0.3, -0.25) is 9.59 Å². The van der Waals surface area contributed by atoms with Crippen molar-refractivity contribution in [2.24, 2.45) is 5.92 Å². The second-order valence-corrected chi connectivity index (χ2v) is 8.82. The molecule has 8 heteroatoms. The molecule has 3 aliphatic heterocycles. The van der Waals surface area contributed by atoms with Crippen LogP contribution in [0.15, 0.2) is 0 Å². The molecule has 22 heavy (non-hydrogen) atoms. The molecule has 3 heterocycles. The van der Waals surface area contributed by atoms with E-state index in [9.17, 15) is 18.0 Å². The molecule has 124 valence electrons. The Morgan fingerprint density at radius 3 is 2.77 bits per heavy atom. The molecule has 2 unspecified atom stereocenters. The van der Waals surface area contributed by atoms with Gasteiger partial charge in [0.05, 0.1) is 17.4 Å². The van der Waals surface area contributed by atoms with Crippen LogP contribution in [0.4, 0.5) is 0 Å². The molecule has 0 aliphatic carbocycles. The van der Waals surface area contributed by atoms with Crippen LogP contribution in [0, 0.1) is 5.92 Å². The van der Waals surface area contributed by atoms with Gasteiger partial charge >= 0.3 is 0 Å². The summed E-state index contributed by atoms with van der Waals surface area (Å²) in [4.78, 5) is 28.3. The van der Waals surface area contributed by atoms with Gasteiger partial charge in [-0.15, -0.1) is 0 Å². The quantitative estimate of drug-likeness (QED) is 0.691. The first-order chi connectivity index (χ1) is 10.4. The Kier molecular flexibility index (Phi) is 4.15. The number of hydrogen-bond donors (Lipinski definition) is 1. The van der Waals surface area contributed by atoms with Crippen LogP contribution in [0.5, 0.6) is 0 Å². The first kappa shape index (κ1) is 15.7. The van der Waals surface area contributed by atoms with Gasteiger partial charge in [0, 0.05) is 44.7 Å². The lowest BCUT2D eigenvalue weighted by molar-refractivity contribution is -0.138. The largest absolute Gasteiger partial charge is 0.338 e. The van der Waals surface area contributed by atoms with Crippen molar-refractivity contribution in [1.29, 1.82) is 0 Å². The summed E-state index contributed by atoms with van der Waals surface area (Å²) in [6, 6.07) is -0.104. The number of carbonyl (C=O) groups excluding carboxylic acids is 2. The molecule has 3 fully saturated rings. The van der Waals surface area contributed by atoms with Gasteiger partial charge in [-0.1, -0.05) is 0 Å². The SMILES string of the molecule is C[C@H]1CNCCN1C(=O)C1CC(=O)N(C2CCS(=O)(=O)C2)C1. The molecule has 7 nitrogen and oxygen atoms in total. The maximum atomic E-state index is 12.6. The van der Waals surface area contributed by atoms with Gasteiger partial charge in [-0.2, -0.15) is 0 Å². The lowest BCUT2D eigenvalue weighted by atomic mass is 10.0. The Hall–Kier alpha value is -1.15. The molecule has 3 aliphatic rings. The highest BCUT2D eigenvalue weighted by Crippen LogP contribution is 2.27. The van der Waals surface area contributed by atoms with Crippen molar-refractivity contribution in [2.45, 2.75) is 31.8 Å².